The number of nitrogens with two attached hydrogens (primary N) is 1. The quantitative estimate of drug-likeness (QED) is 0.644. The number of nitrogens with one attached hydrogen (secondary N) is 1. The molecule has 1 aliphatic heterocycles. The molecule has 19 heavy (non-hydrogen) atoms. The lowest BCUT2D eigenvalue weighted by molar-refractivity contribution is 0.280. The smallest absolute Gasteiger partial charge is 0.141 e. The third-order valence-corrected chi connectivity index (χ3v) is 3.26. The first kappa shape index (κ1) is 13.3. The van der Waals surface area contributed by atoms with Crippen molar-refractivity contribution in [2.45, 2.75) is 20.0 Å². The topological polar surface area (TPSA) is 65.5 Å². The molecule has 0 aromatic heterocycles. The van der Waals surface area contributed by atoms with E-state index in [2.05, 4.69) is 35.9 Å². The highest BCUT2D eigenvalue weighted by Gasteiger charge is 2.25. The Bertz CT molecular complexity index is 528. The molecule has 0 aliphatic carbocycles. The lowest BCUT2D eigenvalue weighted by Crippen LogP contribution is -2.39. The summed E-state index contributed by atoms with van der Waals surface area (Å²) < 4.78 is 0. The van der Waals surface area contributed by atoms with Crippen LogP contribution >= 0.6 is 0 Å². The van der Waals surface area contributed by atoms with Crippen LogP contribution in [0.4, 0.5) is 0 Å². The average molecular weight is 256 g/mol. The zero-order chi connectivity index (χ0) is 14.0. The molecule has 1 aromatic rings. The summed E-state index contributed by atoms with van der Waals surface area (Å²) in [4.78, 5) is 6.70. The van der Waals surface area contributed by atoms with E-state index in [4.69, 9.17) is 11.1 Å². The zero-order valence-corrected chi connectivity index (χ0v) is 11.6. The Morgan fingerprint density at radius 3 is 2.47 bits per heavy atom. The number of nitrogens with zero attached hydrogens (tertiary/aromatic N) is 2. The van der Waals surface area contributed by atoms with Crippen molar-refractivity contribution in [1.29, 1.82) is 5.41 Å². The van der Waals surface area contributed by atoms with Crippen LogP contribution in [-0.2, 0) is 0 Å². The van der Waals surface area contributed by atoms with Crippen LogP contribution < -0.4 is 5.73 Å². The summed E-state index contributed by atoms with van der Waals surface area (Å²) in [7, 11) is 2.03. The largest absolute Gasteiger partial charge is 0.382 e. The van der Waals surface area contributed by atoms with Crippen LogP contribution in [0.3, 0.4) is 0 Å². The maximum atomic E-state index is 7.62. The van der Waals surface area contributed by atoms with Gasteiger partial charge in [-0.05, 0) is 17.6 Å². The average Bonchev–Trinajstić information content (AvgIpc) is 2.39. The molecular formula is C15H20N4. The Balaban J connectivity index is 2.47. The second-order valence-corrected chi connectivity index (χ2v) is 5.09. The molecule has 0 fully saturated rings. The Morgan fingerprint density at radius 1 is 1.32 bits per heavy atom. The van der Waals surface area contributed by atoms with Crippen molar-refractivity contribution in [3.63, 3.8) is 0 Å². The van der Waals surface area contributed by atoms with Crippen molar-refractivity contribution < 1.29 is 0 Å². The van der Waals surface area contributed by atoms with Crippen molar-refractivity contribution in [2.75, 3.05) is 7.05 Å². The van der Waals surface area contributed by atoms with E-state index in [0.717, 1.165) is 11.3 Å². The van der Waals surface area contributed by atoms with Gasteiger partial charge in [0.2, 0.25) is 0 Å². The third kappa shape index (κ3) is 2.67. The molecule has 0 spiro atoms. The molecule has 0 saturated heterocycles. The van der Waals surface area contributed by atoms with Crippen LogP contribution in [0.5, 0.6) is 0 Å². The van der Waals surface area contributed by atoms with Gasteiger partial charge in [0, 0.05) is 12.7 Å². The lowest BCUT2D eigenvalue weighted by Gasteiger charge is -2.35. The van der Waals surface area contributed by atoms with Gasteiger partial charge in [0.25, 0.3) is 0 Å². The van der Waals surface area contributed by atoms with Gasteiger partial charge in [-0.1, -0.05) is 44.2 Å². The Labute approximate surface area is 114 Å². The predicted octanol–water partition coefficient (Wildman–Crippen LogP) is 2.33. The summed E-state index contributed by atoms with van der Waals surface area (Å²) in [5.41, 5.74) is 8.34. The number of aliphatic imine (C=N–C) groups is 1. The third-order valence-electron chi connectivity index (χ3n) is 3.26. The molecule has 1 aromatic carbocycles. The standard InChI is InChI=1S/C15H20N4/c1-10(2)15-18-12(14(16)17)9-13(19(15)3)11-7-5-4-6-8-11/h4-10,15H,1-3H3,(H3,16,17). The van der Waals surface area contributed by atoms with Gasteiger partial charge in [-0.25, -0.2) is 0 Å². The number of hydrogen-bond acceptors (Lipinski definition) is 3. The monoisotopic (exact) mass is 256 g/mol. The van der Waals surface area contributed by atoms with Crippen LogP contribution in [0.2, 0.25) is 0 Å². The van der Waals surface area contributed by atoms with Gasteiger partial charge >= 0.3 is 0 Å². The van der Waals surface area contributed by atoms with Crippen LogP contribution in [0.25, 0.3) is 5.70 Å². The molecule has 1 unspecified atom stereocenters. The maximum Gasteiger partial charge on any atom is 0.141 e. The first-order valence-electron chi connectivity index (χ1n) is 6.43. The van der Waals surface area contributed by atoms with Gasteiger partial charge in [-0.2, -0.15) is 0 Å². The number of rotatable bonds is 3. The van der Waals surface area contributed by atoms with Gasteiger partial charge in [0.05, 0.1) is 0 Å². The predicted molar refractivity (Wildman–Crippen MR) is 80.2 cm³/mol. The van der Waals surface area contributed by atoms with Crippen molar-refractivity contribution in [3.8, 4) is 0 Å². The summed E-state index contributed by atoms with van der Waals surface area (Å²) in [6.07, 6.45) is 1.90. The van der Waals surface area contributed by atoms with E-state index in [-0.39, 0.29) is 12.0 Å². The minimum Gasteiger partial charge on any atom is -0.382 e. The second kappa shape index (κ2) is 5.26. The highest BCUT2D eigenvalue weighted by atomic mass is 15.2. The zero-order valence-electron chi connectivity index (χ0n) is 11.6. The molecule has 4 heteroatoms. The van der Waals surface area contributed by atoms with Crippen LogP contribution in [0, 0.1) is 11.3 Å². The summed E-state index contributed by atoms with van der Waals surface area (Å²) in [6.45, 7) is 4.24. The molecule has 0 bridgehead atoms. The molecule has 3 N–H and O–H groups in total. The van der Waals surface area contributed by atoms with E-state index in [1.165, 1.54) is 0 Å². The molecule has 1 atom stereocenters. The van der Waals surface area contributed by atoms with Crippen molar-refractivity contribution >= 4 is 17.2 Å². The lowest BCUT2D eigenvalue weighted by atomic mass is 10.0. The van der Waals surface area contributed by atoms with Crippen molar-refractivity contribution in [1.82, 2.24) is 4.90 Å². The van der Waals surface area contributed by atoms with E-state index in [9.17, 15) is 0 Å². The van der Waals surface area contributed by atoms with Gasteiger partial charge in [-0.3, -0.25) is 10.4 Å². The highest BCUT2D eigenvalue weighted by molar-refractivity contribution is 6.45. The minimum atomic E-state index is 0.0131. The summed E-state index contributed by atoms with van der Waals surface area (Å²) >= 11 is 0. The molecule has 0 amide bonds. The van der Waals surface area contributed by atoms with Gasteiger partial charge in [0.1, 0.15) is 17.7 Å². The molecular weight excluding hydrogens is 236 g/mol. The minimum absolute atomic E-state index is 0.0131. The van der Waals surface area contributed by atoms with Crippen molar-refractivity contribution in [3.05, 3.63) is 42.0 Å². The molecule has 1 heterocycles. The van der Waals surface area contributed by atoms with E-state index in [1.807, 2.05) is 31.3 Å². The molecule has 0 saturated carbocycles. The number of hydrogen-bond donors (Lipinski definition) is 2. The van der Waals surface area contributed by atoms with Crippen LogP contribution in [0.15, 0.2) is 41.4 Å². The molecule has 2 rings (SSSR count). The van der Waals surface area contributed by atoms with Gasteiger partial charge in [0.15, 0.2) is 0 Å². The summed E-state index contributed by atoms with van der Waals surface area (Å²) in [5, 5.41) is 7.62. The Kier molecular flexibility index (Phi) is 3.69. The normalized spacial score (nSPS) is 19.2. The van der Waals surface area contributed by atoms with Gasteiger partial charge in [-0.15, -0.1) is 0 Å². The van der Waals surface area contributed by atoms with E-state index in [1.54, 1.807) is 0 Å². The fourth-order valence-corrected chi connectivity index (χ4v) is 2.28. The molecule has 1 aliphatic rings. The fourth-order valence-electron chi connectivity index (χ4n) is 2.28. The summed E-state index contributed by atoms with van der Waals surface area (Å²) in [5.74, 6) is 0.374. The fraction of sp³-hybridized carbons (Fsp3) is 0.333. The Morgan fingerprint density at radius 2 is 1.95 bits per heavy atom. The Hall–Kier alpha value is -2.10. The van der Waals surface area contributed by atoms with Crippen LogP contribution in [0.1, 0.15) is 19.4 Å². The number of benzene rings is 1. The number of amidine groups is 1. The van der Waals surface area contributed by atoms with Crippen molar-refractivity contribution in [2.24, 2.45) is 16.6 Å². The first-order chi connectivity index (χ1) is 9.00. The SMILES string of the molecule is CC(C)C1N=C(C(=N)N)C=C(c2ccccc2)N1C. The van der Waals surface area contributed by atoms with E-state index in [0.29, 0.717) is 11.6 Å². The maximum absolute atomic E-state index is 7.62. The first-order valence-corrected chi connectivity index (χ1v) is 6.43. The molecule has 4 nitrogen and oxygen atoms in total. The van der Waals surface area contributed by atoms with Gasteiger partial charge < -0.3 is 10.6 Å². The molecule has 0 radical (unpaired) electrons. The van der Waals surface area contributed by atoms with Crippen LogP contribution in [-0.4, -0.2) is 29.7 Å². The second-order valence-electron chi connectivity index (χ2n) is 5.09. The summed E-state index contributed by atoms with van der Waals surface area (Å²) in [6, 6.07) is 10.1. The highest BCUT2D eigenvalue weighted by Crippen LogP contribution is 2.27. The van der Waals surface area contributed by atoms with E-state index < -0.39 is 0 Å². The van der Waals surface area contributed by atoms with E-state index >= 15 is 0 Å². The molecule has 100 valence electrons.